The highest BCUT2D eigenvalue weighted by Gasteiger charge is 2.35. The standard InChI is InChI=1S/C25H30N2O4/c1-17-11-12-20-21(14-17)24(31)27(23(20)30)13-7-10-22(29)26-16-25(3,18(2)28)15-19-8-5-4-6-9-19/h4-6,8-9,11-12,14,18,28H,7,10,13,15-16H2,1-3H3,(H,26,29)/t18-,25-/m1/s1. The lowest BCUT2D eigenvalue weighted by atomic mass is 9.79. The van der Waals surface area contributed by atoms with Crippen molar-refractivity contribution in [2.45, 2.75) is 46.1 Å². The molecule has 0 fully saturated rings. The Bertz CT molecular complexity index is 971. The molecule has 2 atom stereocenters. The van der Waals surface area contributed by atoms with Gasteiger partial charge in [-0.15, -0.1) is 0 Å². The zero-order valence-corrected chi connectivity index (χ0v) is 18.4. The third kappa shape index (κ3) is 5.20. The molecular formula is C25H30N2O4. The number of benzene rings is 2. The van der Waals surface area contributed by atoms with Gasteiger partial charge >= 0.3 is 0 Å². The minimum absolute atomic E-state index is 0.160. The van der Waals surface area contributed by atoms with Crippen LogP contribution in [0, 0.1) is 12.3 Å². The first-order valence-corrected chi connectivity index (χ1v) is 10.7. The summed E-state index contributed by atoms with van der Waals surface area (Å²) in [5, 5.41) is 13.2. The molecule has 3 amide bonds. The Hall–Kier alpha value is -2.99. The number of hydrogen-bond donors (Lipinski definition) is 2. The number of amides is 3. The second kappa shape index (κ2) is 9.43. The number of fused-ring (bicyclic) bond motifs is 1. The van der Waals surface area contributed by atoms with Crippen LogP contribution in [0.2, 0.25) is 0 Å². The van der Waals surface area contributed by atoms with Gasteiger partial charge in [-0.2, -0.15) is 0 Å². The third-order valence-corrected chi connectivity index (χ3v) is 6.06. The van der Waals surface area contributed by atoms with E-state index in [9.17, 15) is 19.5 Å². The molecule has 164 valence electrons. The number of nitrogens with one attached hydrogen (secondary N) is 1. The molecule has 1 heterocycles. The van der Waals surface area contributed by atoms with Gasteiger partial charge in [0.25, 0.3) is 11.8 Å². The van der Waals surface area contributed by atoms with Gasteiger partial charge in [-0.1, -0.05) is 48.9 Å². The number of imide groups is 1. The molecule has 6 nitrogen and oxygen atoms in total. The molecule has 1 aliphatic heterocycles. The molecule has 0 spiro atoms. The van der Waals surface area contributed by atoms with Crippen molar-refractivity contribution in [2.75, 3.05) is 13.1 Å². The number of hydrogen-bond acceptors (Lipinski definition) is 4. The predicted octanol–water partition coefficient (Wildman–Crippen LogP) is 3.12. The first kappa shape index (κ1) is 22.7. The molecule has 0 saturated heterocycles. The normalized spacial score (nSPS) is 16.1. The number of aryl methyl sites for hydroxylation is 1. The lowest BCUT2D eigenvalue weighted by Crippen LogP contribution is -2.44. The predicted molar refractivity (Wildman–Crippen MR) is 119 cm³/mol. The van der Waals surface area contributed by atoms with Crippen LogP contribution in [0.3, 0.4) is 0 Å². The van der Waals surface area contributed by atoms with Crippen LogP contribution in [0.1, 0.15) is 58.5 Å². The van der Waals surface area contributed by atoms with Crippen LogP contribution in [0.15, 0.2) is 48.5 Å². The molecule has 0 aromatic heterocycles. The lowest BCUT2D eigenvalue weighted by molar-refractivity contribution is -0.122. The summed E-state index contributed by atoms with van der Waals surface area (Å²) in [7, 11) is 0. The van der Waals surface area contributed by atoms with E-state index < -0.39 is 11.5 Å². The summed E-state index contributed by atoms with van der Waals surface area (Å²) in [5.41, 5.74) is 2.38. The molecule has 0 aliphatic carbocycles. The fourth-order valence-corrected chi connectivity index (χ4v) is 3.81. The van der Waals surface area contributed by atoms with Crippen LogP contribution in [-0.2, 0) is 11.2 Å². The Morgan fingerprint density at radius 2 is 1.77 bits per heavy atom. The van der Waals surface area contributed by atoms with Crippen LogP contribution >= 0.6 is 0 Å². The van der Waals surface area contributed by atoms with E-state index in [1.807, 2.05) is 50.2 Å². The van der Waals surface area contributed by atoms with Gasteiger partial charge in [0.2, 0.25) is 5.91 Å². The van der Waals surface area contributed by atoms with Gasteiger partial charge in [0.05, 0.1) is 17.2 Å². The lowest BCUT2D eigenvalue weighted by Gasteiger charge is -2.33. The van der Waals surface area contributed by atoms with Gasteiger partial charge in [0.1, 0.15) is 0 Å². The number of rotatable bonds is 9. The van der Waals surface area contributed by atoms with Crippen LogP contribution < -0.4 is 5.32 Å². The number of carbonyl (C=O) groups excluding carboxylic acids is 3. The van der Waals surface area contributed by atoms with E-state index in [-0.39, 0.29) is 30.7 Å². The van der Waals surface area contributed by atoms with Crippen molar-refractivity contribution in [3.8, 4) is 0 Å². The van der Waals surface area contributed by atoms with Gasteiger partial charge < -0.3 is 10.4 Å². The average Bonchev–Trinajstić information content (AvgIpc) is 2.97. The van der Waals surface area contributed by atoms with Crippen molar-refractivity contribution in [2.24, 2.45) is 5.41 Å². The maximum atomic E-state index is 12.5. The Labute approximate surface area is 183 Å². The summed E-state index contributed by atoms with van der Waals surface area (Å²) in [4.78, 5) is 38.6. The zero-order valence-electron chi connectivity index (χ0n) is 18.4. The monoisotopic (exact) mass is 422 g/mol. The SMILES string of the molecule is Cc1ccc2c(c1)C(=O)N(CCCC(=O)NC[C@@](C)(Cc1ccccc1)[C@@H](C)O)C2=O. The number of aliphatic hydroxyl groups is 1. The number of carbonyl (C=O) groups is 3. The van der Waals surface area contributed by atoms with Crippen LogP contribution in [0.5, 0.6) is 0 Å². The molecule has 0 unspecified atom stereocenters. The first-order chi connectivity index (χ1) is 14.7. The Balaban J connectivity index is 1.50. The van der Waals surface area contributed by atoms with Crippen molar-refractivity contribution in [1.29, 1.82) is 0 Å². The van der Waals surface area contributed by atoms with Crippen molar-refractivity contribution < 1.29 is 19.5 Å². The average molecular weight is 423 g/mol. The Morgan fingerprint density at radius 3 is 2.45 bits per heavy atom. The van der Waals surface area contributed by atoms with Crippen molar-refractivity contribution in [3.05, 3.63) is 70.8 Å². The third-order valence-electron chi connectivity index (χ3n) is 6.06. The molecule has 0 saturated carbocycles. The van der Waals surface area contributed by atoms with Crippen LogP contribution in [0.25, 0.3) is 0 Å². The van der Waals surface area contributed by atoms with Gasteiger partial charge in [0, 0.05) is 24.9 Å². The molecule has 6 heteroatoms. The number of aliphatic hydroxyl groups excluding tert-OH is 1. The highest BCUT2D eigenvalue weighted by Crippen LogP contribution is 2.27. The largest absolute Gasteiger partial charge is 0.393 e. The molecule has 31 heavy (non-hydrogen) atoms. The maximum absolute atomic E-state index is 12.5. The van der Waals surface area contributed by atoms with E-state index in [4.69, 9.17) is 0 Å². The van der Waals surface area contributed by atoms with Gasteiger partial charge in [-0.05, 0) is 44.4 Å². The van der Waals surface area contributed by atoms with Crippen LogP contribution in [-0.4, -0.2) is 46.9 Å². The Kier molecular flexibility index (Phi) is 6.91. The topological polar surface area (TPSA) is 86.7 Å². The minimum atomic E-state index is -0.602. The smallest absolute Gasteiger partial charge is 0.261 e. The van der Waals surface area contributed by atoms with E-state index in [2.05, 4.69) is 5.32 Å². The highest BCUT2D eigenvalue weighted by atomic mass is 16.3. The Morgan fingerprint density at radius 1 is 1.10 bits per heavy atom. The van der Waals surface area contributed by atoms with Crippen LogP contribution in [0.4, 0.5) is 0 Å². The minimum Gasteiger partial charge on any atom is -0.393 e. The van der Waals surface area contributed by atoms with Crippen molar-refractivity contribution >= 4 is 17.7 Å². The molecule has 2 N–H and O–H groups in total. The molecule has 0 bridgehead atoms. The highest BCUT2D eigenvalue weighted by molar-refractivity contribution is 6.21. The maximum Gasteiger partial charge on any atom is 0.261 e. The van der Waals surface area contributed by atoms with E-state index in [1.165, 1.54) is 4.90 Å². The second-order valence-electron chi connectivity index (χ2n) is 8.68. The summed E-state index contributed by atoms with van der Waals surface area (Å²) >= 11 is 0. The molecule has 1 aliphatic rings. The van der Waals surface area contributed by atoms with E-state index >= 15 is 0 Å². The fraction of sp³-hybridized carbons (Fsp3) is 0.400. The van der Waals surface area contributed by atoms with Crippen molar-refractivity contribution in [3.63, 3.8) is 0 Å². The van der Waals surface area contributed by atoms with Gasteiger partial charge in [-0.25, -0.2) is 0 Å². The molecular weight excluding hydrogens is 392 g/mol. The molecule has 2 aromatic carbocycles. The molecule has 0 radical (unpaired) electrons. The van der Waals surface area contributed by atoms with E-state index in [0.29, 0.717) is 30.5 Å². The summed E-state index contributed by atoms with van der Waals surface area (Å²) in [6, 6.07) is 15.1. The first-order valence-electron chi connectivity index (χ1n) is 10.7. The van der Waals surface area contributed by atoms with Crippen molar-refractivity contribution in [1.82, 2.24) is 10.2 Å². The molecule has 3 rings (SSSR count). The fourth-order valence-electron chi connectivity index (χ4n) is 3.81. The second-order valence-corrected chi connectivity index (χ2v) is 8.68. The summed E-state index contributed by atoms with van der Waals surface area (Å²) in [5.74, 6) is -0.758. The van der Waals surface area contributed by atoms with E-state index in [1.54, 1.807) is 19.1 Å². The summed E-state index contributed by atoms with van der Waals surface area (Å²) in [6.07, 6.45) is 0.628. The van der Waals surface area contributed by atoms with E-state index in [0.717, 1.165) is 11.1 Å². The number of nitrogens with zero attached hydrogens (tertiary/aromatic N) is 1. The summed E-state index contributed by atoms with van der Waals surface area (Å²) < 4.78 is 0. The molecule has 2 aromatic rings. The van der Waals surface area contributed by atoms with Gasteiger partial charge in [-0.3, -0.25) is 19.3 Å². The zero-order chi connectivity index (χ0) is 22.6. The van der Waals surface area contributed by atoms with Gasteiger partial charge in [0.15, 0.2) is 0 Å². The summed E-state index contributed by atoms with van der Waals surface area (Å²) in [6.45, 7) is 6.11. The quantitative estimate of drug-likeness (QED) is 0.608.